The molecular weight excluding hydrogens is 166 g/mol. The summed E-state index contributed by atoms with van der Waals surface area (Å²) < 4.78 is 7.11. The topological polar surface area (TPSA) is 54.9 Å². The number of aromatic nitrogens is 2. The normalized spacial score (nSPS) is 12.1. The number of hydrogen-bond acceptors (Lipinski definition) is 3. The summed E-state index contributed by atoms with van der Waals surface area (Å²) in [4.78, 5) is 19.0. The van der Waals surface area contributed by atoms with E-state index in [0.29, 0.717) is 0 Å². The zero-order valence-electron chi connectivity index (χ0n) is 8.96. The lowest BCUT2D eigenvalue weighted by molar-refractivity contribution is 0.0914. The van der Waals surface area contributed by atoms with Crippen LogP contribution in [0.5, 0.6) is 0 Å². The van der Waals surface area contributed by atoms with Crippen molar-refractivity contribution in [2.24, 2.45) is 0 Å². The van der Waals surface area contributed by atoms with E-state index in [1.54, 1.807) is 0 Å². The summed E-state index contributed by atoms with van der Waals surface area (Å²) >= 11 is 0. The first kappa shape index (κ1) is 8.16. The van der Waals surface area contributed by atoms with Crippen molar-refractivity contribution in [3.63, 3.8) is 0 Å². The second kappa shape index (κ2) is 3.51. The fourth-order valence-electron chi connectivity index (χ4n) is 0.785. The van der Waals surface area contributed by atoms with Gasteiger partial charge in [0, 0.05) is 17.9 Å². The van der Waals surface area contributed by atoms with Crippen LogP contribution < -0.4 is 5.32 Å². The molecule has 1 heterocycles. The lowest BCUT2D eigenvalue weighted by atomic mass is 10.1. The fraction of sp³-hybridized carbons (Fsp3) is 0.444. The van der Waals surface area contributed by atoms with Crippen LogP contribution in [0.2, 0.25) is 0 Å². The van der Waals surface area contributed by atoms with Crippen molar-refractivity contribution >= 4 is 5.91 Å². The van der Waals surface area contributed by atoms with Crippen LogP contribution in [0.15, 0.2) is 18.6 Å². The lowest BCUT2D eigenvalue weighted by Crippen LogP contribution is -2.40. The van der Waals surface area contributed by atoms with Crippen molar-refractivity contribution in [2.75, 3.05) is 0 Å². The second-order valence-corrected chi connectivity index (χ2v) is 3.73. The summed E-state index contributed by atoms with van der Waals surface area (Å²) in [5, 5.41) is 2.75. The van der Waals surface area contributed by atoms with Crippen LogP contribution >= 0.6 is 0 Å². The molecule has 70 valence electrons. The van der Waals surface area contributed by atoms with Gasteiger partial charge in [-0.15, -0.1) is 0 Å². The van der Waals surface area contributed by atoms with Crippen LogP contribution in [-0.4, -0.2) is 21.4 Å². The van der Waals surface area contributed by atoms with Crippen LogP contribution in [0.25, 0.3) is 0 Å². The van der Waals surface area contributed by atoms with E-state index in [4.69, 9.17) is 1.37 Å². The SMILES string of the molecule is [2H]c1cnc(C(=O)NC(C)(C)C)cn1. The molecule has 0 spiro atoms. The molecule has 0 aromatic carbocycles. The Bertz CT molecular complexity index is 329. The van der Waals surface area contributed by atoms with Gasteiger partial charge in [0.1, 0.15) is 5.69 Å². The minimum absolute atomic E-state index is 0.0531. The van der Waals surface area contributed by atoms with Crippen LogP contribution in [0.4, 0.5) is 0 Å². The first-order chi connectivity index (χ1) is 6.38. The zero-order chi connectivity index (χ0) is 10.8. The van der Waals surface area contributed by atoms with Crippen molar-refractivity contribution in [1.82, 2.24) is 15.3 Å². The molecule has 0 saturated heterocycles. The molecule has 0 aliphatic carbocycles. The van der Waals surface area contributed by atoms with E-state index in [1.807, 2.05) is 20.8 Å². The molecule has 0 bridgehead atoms. The highest BCUT2D eigenvalue weighted by atomic mass is 16.2. The molecule has 0 atom stereocenters. The van der Waals surface area contributed by atoms with Gasteiger partial charge >= 0.3 is 0 Å². The van der Waals surface area contributed by atoms with Crippen LogP contribution in [0, 0.1) is 0 Å². The highest BCUT2D eigenvalue weighted by Crippen LogP contribution is 2.00. The van der Waals surface area contributed by atoms with E-state index in [-0.39, 0.29) is 23.3 Å². The Hall–Kier alpha value is -1.45. The third kappa shape index (κ3) is 3.19. The highest BCUT2D eigenvalue weighted by Gasteiger charge is 2.15. The number of hydrogen-bond donors (Lipinski definition) is 1. The summed E-state index contributed by atoms with van der Waals surface area (Å²) in [6, 6.07) is 0. The van der Waals surface area contributed by atoms with Gasteiger partial charge in [-0.2, -0.15) is 0 Å². The number of carbonyl (C=O) groups is 1. The highest BCUT2D eigenvalue weighted by molar-refractivity contribution is 5.92. The van der Waals surface area contributed by atoms with Gasteiger partial charge in [-0.05, 0) is 20.8 Å². The lowest BCUT2D eigenvalue weighted by Gasteiger charge is -2.19. The molecule has 4 heteroatoms. The van der Waals surface area contributed by atoms with Crippen molar-refractivity contribution in [2.45, 2.75) is 26.3 Å². The maximum absolute atomic E-state index is 11.5. The van der Waals surface area contributed by atoms with E-state index in [2.05, 4.69) is 15.3 Å². The van der Waals surface area contributed by atoms with Crippen molar-refractivity contribution in [3.8, 4) is 0 Å². The molecule has 1 rings (SSSR count). The summed E-state index contributed by atoms with van der Waals surface area (Å²) in [5.74, 6) is -0.273. The fourth-order valence-corrected chi connectivity index (χ4v) is 0.785. The predicted molar refractivity (Wildman–Crippen MR) is 49.3 cm³/mol. The molecule has 1 aromatic rings. The van der Waals surface area contributed by atoms with E-state index in [1.165, 1.54) is 12.4 Å². The number of rotatable bonds is 1. The molecule has 1 aromatic heterocycles. The summed E-state index contributed by atoms with van der Waals surface area (Å²) in [6.07, 6.45) is 2.60. The van der Waals surface area contributed by atoms with Crippen molar-refractivity contribution in [1.29, 1.82) is 0 Å². The first-order valence-electron chi connectivity index (χ1n) is 4.50. The molecule has 1 N–H and O–H groups in total. The van der Waals surface area contributed by atoms with Gasteiger partial charge in [0.2, 0.25) is 0 Å². The number of carbonyl (C=O) groups excluding carboxylic acids is 1. The maximum atomic E-state index is 11.5. The largest absolute Gasteiger partial charge is 0.346 e. The zero-order valence-corrected chi connectivity index (χ0v) is 7.96. The Morgan fingerprint density at radius 2 is 2.31 bits per heavy atom. The van der Waals surface area contributed by atoms with Crippen LogP contribution in [-0.2, 0) is 0 Å². The predicted octanol–water partition coefficient (Wildman–Crippen LogP) is 1.00. The molecule has 0 saturated carbocycles. The van der Waals surface area contributed by atoms with Gasteiger partial charge in [-0.1, -0.05) is 0 Å². The third-order valence-electron chi connectivity index (χ3n) is 1.24. The molecule has 1 amide bonds. The van der Waals surface area contributed by atoms with Crippen LogP contribution in [0.3, 0.4) is 0 Å². The number of nitrogens with one attached hydrogen (secondary N) is 1. The maximum Gasteiger partial charge on any atom is 0.271 e. The standard InChI is InChI=1S/C9H13N3O/c1-9(2,3)12-8(13)7-6-10-4-5-11-7/h4-6H,1-3H3,(H,12,13)/i4D. The number of nitrogens with zero attached hydrogens (tertiary/aromatic N) is 2. The average molecular weight is 180 g/mol. The molecule has 13 heavy (non-hydrogen) atoms. The smallest absolute Gasteiger partial charge is 0.271 e. The van der Waals surface area contributed by atoms with Gasteiger partial charge in [-0.25, -0.2) is 4.98 Å². The van der Waals surface area contributed by atoms with E-state index in [0.717, 1.165) is 0 Å². The van der Waals surface area contributed by atoms with E-state index >= 15 is 0 Å². The monoisotopic (exact) mass is 180 g/mol. The van der Waals surface area contributed by atoms with Gasteiger partial charge in [-0.3, -0.25) is 9.78 Å². The Morgan fingerprint density at radius 1 is 1.62 bits per heavy atom. The van der Waals surface area contributed by atoms with Gasteiger partial charge in [0.25, 0.3) is 5.91 Å². The van der Waals surface area contributed by atoms with Gasteiger partial charge in [0.15, 0.2) is 0 Å². The molecule has 0 radical (unpaired) electrons. The summed E-state index contributed by atoms with van der Waals surface area (Å²) in [6.45, 7) is 5.66. The summed E-state index contributed by atoms with van der Waals surface area (Å²) in [7, 11) is 0. The Morgan fingerprint density at radius 3 is 2.77 bits per heavy atom. The van der Waals surface area contributed by atoms with Crippen molar-refractivity contribution < 1.29 is 6.17 Å². The molecule has 4 nitrogen and oxygen atoms in total. The minimum Gasteiger partial charge on any atom is -0.346 e. The first-order valence-corrected chi connectivity index (χ1v) is 4.00. The third-order valence-corrected chi connectivity index (χ3v) is 1.24. The molecule has 0 aliphatic rings. The number of amides is 1. The van der Waals surface area contributed by atoms with Crippen LogP contribution in [0.1, 0.15) is 32.6 Å². The average Bonchev–Trinajstić information content (AvgIpc) is 2.02. The Balaban J connectivity index is 2.76. The quantitative estimate of drug-likeness (QED) is 0.701. The molecule has 0 aliphatic heterocycles. The van der Waals surface area contributed by atoms with E-state index < -0.39 is 0 Å². The second-order valence-electron chi connectivity index (χ2n) is 3.73. The molecule has 0 unspecified atom stereocenters. The molecular formula is C9H13N3O. The van der Waals surface area contributed by atoms with E-state index in [9.17, 15) is 4.79 Å². The minimum atomic E-state index is -0.293. The van der Waals surface area contributed by atoms with Crippen molar-refractivity contribution in [3.05, 3.63) is 24.3 Å². The summed E-state index contributed by atoms with van der Waals surface area (Å²) in [5.41, 5.74) is -0.0609. The Kier molecular flexibility index (Phi) is 2.21. The molecule has 0 fully saturated rings. The van der Waals surface area contributed by atoms with Gasteiger partial charge < -0.3 is 5.32 Å². The van der Waals surface area contributed by atoms with Gasteiger partial charge in [0.05, 0.1) is 7.57 Å². The Labute approximate surface area is 78.8 Å².